The molecule has 1 unspecified atom stereocenters. The fourth-order valence-electron chi connectivity index (χ4n) is 3.23. The molecular weight excluding hydrogens is 364 g/mol. The van der Waals surface area contributed by atoms with E-state index >= 15 is 0 Å². The first-order valence-corrected chi connectivity index (χ1v) is 9.80. The Kier molecular flexibility index (Phi) is 10.6. The standard InChI is InChI=1S/C21H34N2O3.ClH/c1-15(2)14-26-19-7-6-18(13-20(19)25-4)16(3)23-21(24)8-5-17-9-11-22-12-10-17;/h6-7,13,15-17,22H,5,8-12,14H2,1-4H3,(H,23,24);1H. The highest BCUT2D eigenvalue weighted by molar-refractivity contribution is 5.85. The zero-order chi connectivity index (χ0) is 18.9. The Hall–Kier alpha value is -1.46. The SMILES string of the molecule is COc1cc(C(C)NC(=O)CCC2CCNCC2)ccc1OCC(C)C.Cl. The van der Waals surface area contributed by atoms with Crippen LogP contribution in [0.4, 0.5) is 0 Å². The van der Waals surface area contributed by atoms with E-state index in [2.05, 4.69) is 24.5 Å². The minimum atomic E-state index is -0.0522. The summed E-state index contributed by atoms with van der Waals surface area (Å²) >= 11 is 0. The number of halogens is 1. The maximum absolute atomic E-state index is 12.3. The van der Waals surface area contributed by atoms with Gasteiger partial charge >= 0.3 is 0 Å². The molecule has 0 spiro atoms. The number of carbonyl (C=O) groups excluding carboxylic acids is 1. The Morgan fingerprint density at radius 1 is 1.22 bits per heavy atom. The summed E-state index contributed by atoms with van der Waals surface area (Å²) in [6, 6.07) is 5.82. The van der Waals surface area contributed by atoms with Crippen molar-refractivity contribution in [3.05, 3.63) is 23.8 Å². The van der Waals surface area contributed by atoms with Crippen LogP contribution in [0.15, 0.2) is 18.2 Å². The fourth-order valence-corrected chi connectivity index (χ4v) is 3.23. The van der Waals surface area contributed by atoms with Gasteiger partial charge in [0.15, 0.2) is 11.5 Å². The van der Waals surface area contributed by atoms with Gasteiger partial charge in [-0.1, -0.05) is 19.9 Å². The predicted molar refractivity (Wildman–Crippen MR) is 112 cm³/mol. The van der Waals surface area contributed by atoms with E-state index in [1.807, 2.05) is 25.1 Å². The first-order chi connectivity index (χ1) is 12.5. The highest BCUT2D eigenvalue weighted by Gasteiger charge is 2.17. The number of methoxy groups -OCH3 is 1. The van der Waals surface area contributed by atoms with Gasteiger partial charge in [-0.25, -0.2) is 0 Å². The summed E-state index contributed by atoms with van der Waals surface area (Å²) in [6.07, 6.45) is 3.93. The van der Waals surface area contributed by atoms with Gasteiger partial charge in [-0.3, -0.25) is 4.79 Å². The van der Waals surface area contributed by atoms with Crippen LogP contribution in [0, 0.1) is 11.8 Å². The second-order valence-corrected chi connectivity index (χ2v) is 7.64. The van der Waals surface area contributed by atoms with Crippen molar-refractivity contribution in [1.29, 1.82) is 0 Å². The van der Waals surface area contributed by atoms with Crippen LogP contribution in [0.25, 0.3) is 0 Å². The summed E-state index contributed by atoms with van der Waals surface area (Å²) in [5.41, 5.74) is 1.02. The Morgan fingerprint density at radius 3 is 2.56 bits per heavy atom. The van der Waals surface area contributed by atoms with E-state index in [9.17, 15) is 4.79 Å². The zero-order valence-corrected chi connectivity index (χ0v) is 17.9. The van der Waals surface area contributed by atoms with Crippen molar-refractivity contribution < 1.29 is 14.3 Å². The molecule has 1 aromatic rings. The topological polar surface area (TPSA) is 59.6 Å². The molecule has 6 heteroatoms. The molecule has 1 aromatic carbocycles. The lowest BCUT2D eigenvalue weighted by Gasteiger charge is -2.22. The normalized spacial score (nSPS) is 15.7. The van der Waals surface area contributed by atoms with E-state index in [0.717, 1.165) is 30.8 Å². The molecule has 0 radical (unpaired) electrons. The number of ether oxygens (including phenoxy) is 2. The van der Waals surface area contributed by atoms with Gasteiger partial charge in [0.2, 0.25) is 5.91 Å². The van der Waals surface area contributed by atoms with Crippen LogP contribution in [-0.2, 0) is 4.79 Å². The first kappa shape index (κ1) is 23.6. The van der Waals surface area contributed by atoms with Crippen LogP contribution in [-0.4, -0.2) is 32.7 Å². The molecule has 5 nitrogen and oxygen atoms in total. The fraction of sp³-hybridized carbons (Fsp3) is 0.667. The van der Waals surface area contributed by atoms with Gasteiger partial charge in [-0.15, -0.1) is 12.4 Å². The molecule has 1 heterocycles. The van der Waals surface area contributed by atoms with Crippen molar-refractivity contribution in [2.45, 2.75) is 52.5 Å². The van der Waals surface area contributed by atoms with E-state index in [0.29, 0.717) is 30.6 Å². The summed E-state index contributed by atoms with van der Waals surface area (Å²) in [7, 11) is 1.64. The second-order valence-electron chi connectivity index (χ2n) is 7.64. The van der Waals surface area contributed by atoms with Crippen molar-refractivity contribution in [1.82, 2.24) is 10.6 Å². The monoisotopic (exact) mass is 398 g/mol. The van der Waals surface area contributed by atoms with Gasteiger partial charge in [-0.2, -0.15) is 0 Å². The molecule has 1 amide bonds. The molecule has 2 N–H and O–H groups in total. The third-order valence-corrected chi connectivity index (χ3v) is 4.88. The van der Waals surface area contributed by atoms with Gasteiger partial charge in [0, 0.05) is 6.42 Å². The first-order valence-electron chi connectivity index (χ1n) is 9.80. The van der Waals surface area contributed by atoms with E-state index in [4.69, 9.17) is 9.47 Å². The average molecular weight is 399 g/mol. The quantitative estimate of drug-likeness (QED) is 0.657. The van der Waals surface area contributed by atoms with Crippen LogP contribution >= 0.6 is 12.4 Å². The number of hydrogen-bond donors (Lipinski definition) is 2. The molecule has 0 aliphatic carbocycles. The van der Waals surface area contributed by atoms with Crippen molar-refractivity contribution in [2.24, 2.45) is 11.8 Å². The maximum atomic E-state index is 12.3. The summed E-state index contributed by atoms with van der Waals surface area (Å²) in [5, 5.41) is 6.47. The Morgan fingerprint density at radius 2 is 1.93 bits per heavy atom. The van der Waals surface area contributed by atoms with E-state index < -0.39 is 0 Å². The van der Waals surface area contributed by atoms with Crippen LogP contribution in [0.3, 0.4) is 0 Å². The molecule has 1 aliphatic heterocycles. The predicted octanol–water partition coefficient (Wildman–Crippen LogP) is 4.11. The van der Waals surface area contributed by atoms with Crippen molar-refractivity contribution in [3.8, 4) is 11.5 Å². The maximum Gasteiger partial charge on any atom is 0.220 e. The Bertz CT molecular complexity index is 575. The molecule has 1 fully saturated rings. The third-order valence-electron chi connectivity index (χ3n) is 4.88. The summed E-state index contributed by atoms with van der Waals surface area (Å²) in [4.78, 5) is 12.3. The van der Waals surface area contributed by atoms with Crippen LogP contribution in [0.5, 0.6) is 11.5 Å². The van der Waals surface area contributed by atoms with Crippen LogP contribution in [0.1, 0.15) is 58.1 Å². The molecule has 1 atom stereocenters. The number of piperidine rings is 1. The Labute approximate surface area is 170 Å². The minimum absolute atomic E-state index is 0. The average Bonchev–Trinajstić information content (AvgIpc) is 2.65. The summed E-state index contributed by atoms with van der Waals surface area (Å²) in [5.74, 6) is 2.70. The molecule has 0 aromatic heterocycles. The van der Waals surface area contributed by atoms with E-state index in [1.54, 1.807) is 7.11 Å². The van der Waals surface area contributed by atoms with Crippen molar-refractivity contribution in [2.75, 3.05) is 26.8 Å². The smallest absolute Gasteiger partial charge is 0.220 e. The number of carbonyl (C=O) groups is 1. The van der Waals surface area contributed by atoms with Crippen LogP contribution in [0.2, 0.25) is 0 Å². The number of nitrogens with one attached hydrogen (secondary N) is 2. The van der Waals surface area contributed by atoms with Gasteiger partial charge in [-0.05, 0) is 68.8 Å². The number of amides is 1. The lowest BCUT2D eigenvalue weighted by molar-refractivity contribution is -0.122. The van der Waals surface area contributed by atoms with Crippen molar-refractivity contribution in [3.63, 3.8) is 0 Å². The van der Waals surface area contributed by atoms with E-state index in [1.165, 1.54) is 12.8 Å². The Balaban J connectivity index is 0.00000364. The number of benzene rings is 1. The lowest BCUT2D eigenvalue weighted by atomic mass is 9.93. The van der Waals surface area contributed by atoms with Gasteiger partial charge in [0.25, 0.3) is 0 Å². The lowest BCUT2D eigenvalue weighted by Crippen LogP contribution is -2.30. The molecule has 2 rings (SSSR count). The number of rotatable bonds is 9. The minimum Gasteiger partial charge on any atom is -0.493 e. The molecule has 27 heavy (non-hydrogen) atoms. The van der Waals surface area contributed by atoms with Gasteiger partial charge in [0.05, 0.1) is 19.8 Å². The third kappa shape index (κ3) is 7.97. The molecule has 0 saturated carbocycles. The molecule has 1 saturated heterocycles. The van der Waals surface area contributed by atoms with Crippen molar-refractivity contribution >= 4 is 18.3 Å². The molecule has 154 valence electrons. The molecular formula is C21H35ClN2O3. The number of hydrogen-bond acceptors (Lipinski definition) is 4. The molecule has 0 bridgehead atoms. The summed E-state index contributed by atoms with van der Waals surface area (Å²) in [6.45, 7) is 9.04. The van der Waals surface area contributed by atoms with Gasteiger partial charge in [0.1, 0.15) is 0 Å². The largest absolute Gasteiger partial charge is 0.493 e. The second kappa shape index (κ2) is 12.1. The highest BCUT2D eigenvalue weighted by Crippen LogP contribution is 2.30. The summed E-state index contributed by atoms with van der Waals surface area (Å²) < 4.78 is 11.3. The van der Waals surface area contributed by atoms with Gasteiger partial charge < -0.3 is 20.1 Å². The zero-order valence-electron chi connectivity index (χ0n) is 17.0. The highest BCUT2D eigenvalue weighted by atomic mass is 35.5. The van der Waals surface area contributed by atoms with E-state index in [-0.39, 0.29) is 24.4 Å². The molecule has 1 aliphatic rings. The van der Waals surface area contributed by atoms with Crippen LogP contribution < -0.4 is 20.1 Å².